The molecule has 1 atom stereocenters. The van der Waals surface area contributed by atoms with Crippen LogP contribution in [0.15, 0.2) is 18.2 Å². The molecule has 5 nitrogen and oxygen atoms in total. The molecule has 0 bridgehead atoms. The lowest BCUT2D eigenvalue weighted by Gasteiger charge is -2.28. The summed E-state index contributed by atoms with van der Waals surface area (Å²) < 4.78 is 52.5. The van der Waals surface area contributed by atoms with Crippen LogP contribution in [0.3, 0.4) is 0 Å². The average molecular weight is 298 g/mol. The van der Waals surface area contributed by atoms with Crippen LogP contribution in [-0.4, -0.2) is 25.3 Å². The number of alkyl halides is 3. The number of methoxy groups -OCH3 is 1. The van der Waals surface area contributed by atoms with E-state index in [2.05, 4.69) is 14.2 Å². The molecular formula is C10H7ClF3NO4. The van der Waals surface area contributed by atoms with Gasteiger partial charge in [0.05, 0.1) is 7.11 Å². The van der Waals surface area contributed by atoms with Crippen molar-refractivity contribution in [2.45, 2.75) is 12.1 Å². The summed E-state index contributed by atoms with van der Waals surface area (Å²) in [4.78, 5) is 11.0. The number of carbonyl (C=O) groups is 1. The van der Waals surface area contributed by atoms with Gasteiger partial charge in [0.25, 0.3) is 0 Å². The van der Waals surface area contributed by atoms with E-state index in [9.17, 15) is 18.0 Å². The number of ether oxygens (including phenoxy) is 3. The Morgan fingerprint density at radius 1 is 1.37 bits per heavy atom. The van der Waals surface area contributed by atoms with Crippen molar-refractivity contribution in [3.8, 4) is 11.5 Å². The minimum atomic E-state index is -5.02. The maximum Gasteiger partial charge on any atom is 0.492 e. The van der Waals surface area contributed by atoms with Crippen LogP contribution >= 0.6 is 11.6 Å². The number of carbonyl (C=O) groups excluding carboxylic acids is 1. The lowest BCUT2D eigenvalue weighted by Crippen LogP contribution is -2.64. The SMILES string of the molecule is COC(=O)N[C@]1(C(F)(F)F)Oc2ccc(Cl)cc2O1. The molecule has 0 unspecified atom stereocenters. The second-order valence-electron chi connectivity index (χ2n) is 3.53. The van der Waals surface area contributed by atoms with Crippen molar-refractivity contribution in [3.05, 3.63) is 23.2 Å². The van der Waals surface area contributed by atoms with Crippen molar-refractivity contribution in [1.82, 2.24) is 5.32 Å². The van der Waals surface area contributed by atoms with Gasteiger partial charge >= 0.3 is 18.2 Å². The number of hydrogen-bond donors (Lipinski definition) is 1. The van der Waals surface area contributed by atoms with Gasteiger partial charge in [0, 0.05) is 11.1 Å². The molecule has 1 aliphatic heterocycles. The first-order valence-electron chi connectivity index (χ1n) is 4.88. The molecule has 1 heterocycles. The summed E-state index contributed by atoms with van der Waals surface area (Å²) >= 11 is 5.63. The van der Waals surface area contributed by atoms with Crippen LogP contribution in [0.25, 0.3) is 0 Å². The fraction of sp³-hybridized carbons (Fsp3) is 0.300. The third-order valence-corrected chi connectivity index (χ3v) is 2.47. The number of nitrogens with one attached hydrogen (secondary N) is 1. The van der Waals surface area contributed by atoms with E-state index in [-0.39, 0.29) is 16.5 Å². The Morgan fingerprint density at radius 2 is 2.00 bits per heavy atom. The number of hydrogen-bond acceptors (Lipinski definition) is 4. The van der Waals surface area contributed by atoms with Gasteiger partial charge in [-0.15, -0.1) is 0 Å². The van der Waals surface area contributed by atoms with Crippen molar-refractivity contribution >= 4 is 17.7 Å². The molecule has 1 aliphatic rings. The van der Waals surface area contributed by atoms with Gasteiger partial charge < -0.3 is 14.2 Å². The minimum Gasteiger partial charge on any atom is -0.453 e. The summed E-state index contributed by atoms with van der Waals surface area (Å²) in [5.41, 5.74) is 0. The second kappa shape index (κ2) is 4.37. The summed E-state index contributed by atoms with van der Waals surface area (Å²) in [7, 11) is 0.915. The van der Waals surface area contributed by atoms with Crippen molar-refractivity contribution in [2.24, 2.45) is 0 Å². The highest BCUT2D eigenvalue weighted by Gasteiger charge is 2.66. The van der Waals surface area contributed by atoms with Gasteiger partial charge in [0.2, 0.25) is 0 Å². The lowest BCUT2D eigenvalue weighted by molar-refractivity contribution is -0.318. The summed E-state index contributed by atoms with van der Waals surface area (Å²) in [6.45, 7) is 0. The molecule has 0 spiro atoms. The van der Waals surface area contributed by atoms with E-state index in [1.807, 2.05) is 0 Å². The maximum absolute atomic E-state index is 13.0. The predicted octanol–water partition coefficient (Wildman–Crippen LogP) is 2.68. The van der Waals surface area contributed by atoms with Gasteiger partial charge in [-0.25, -0.2) is 10.1 Å². The normalized spacial score (nSPS) is 21.1. The molecule has 2 rings (SSSR count). The van der Waals surface area contributed by atoms with Gasteiger partial charge in [-0.05, 0) is 12.1 Å². The minimum absolute atomic E-state index is 0.165. The average Bonchev–Trinajstić information content (AvgIpc) is 2.66. The van der Waals surface area contributed by atoms with Gasteiger partial charge in [-0.2, -0.15) is 13.2 Å². The van der Waals surface area contributed by atoms with E-state index in [0.29, 0.717) is 0 Å². The lowest BCUT2D eigenvalue weighted by atomic mass is 10.3. The van der Waals surface area contributed by atoms with E-state index in [1.165, 1.54) is 17.4 Å². The molecule has 0 aliphatic carbocycles. The first kappa shape index (κ1) is 13.6. The number of rotatable bonds is 1. The predicted molar refractivity (Wildman–Crippen MR) is 57.0 cm³/mol. The highest BCUT2D eigenvalue weighted by molar-refractivity contribution is 6.30. The zero-order chi connectivity index (χ0) is 14.3. The number of alkyl carbamates (subject to hydrolysis) is 1. The molecule has 1 N–H and O–H groups in total. The highest BCUT2D eigenvalue weighted by Crippen LogP contribution is 2.46. The van der Waals surface area contributed by atoms with Crippen molar-refractivity contribution in [3.63, 3.8) is 0 Å². The van der Waals surface area contributed by atoms with Gasteiger partial charge in [0.15, 0.2) is 11.5 Å². The molecular weight excluding hydrogens is 291 g/mol. The van der Waals surface area contributed by atoms with Crippen LogP contribution in [-0.2, 0) is 4.74 Å². The smallest absolute Gasteiger partial charge is 0.453 e. The molecule has 0 aromatic heterocycles. The summed E-state index contributed by atoms with van der Waals surface area (Å²) in [6, 6.07) is 3.67. The van der Waals surface area contributed by atoms with Crippen molar-refractivity contribution < 1.29 is 32.2 Å². The third-order valence-electron chi connectivity index (χ3n) is 2.24. The Kier molecular flexibility index (Phi) is 3.13. The van der Waals surface area contributed by atoms with E-state index in [1.54, 1.807) is 0 Å². The Bertz CT molecular complexity index is 522. The summed E-state index contributed by atoms with van der Waals surface area (Å²) in [5.74, 6) is -3.76. The highest BCUT2D eigenvalue weighted by atomic mass is 35.5. The molecule has 104 valence electrons. The second-order valence-corrected chi connectivity index (χ2v) is 3.96. The van der Waals surface area contributed by atoms with Crippen molar-refractivity contribution in [1.29, 1.82) is 0 Å². The number of amides is 1. The Labute approximate surface area is 110 Å². The topological polar surface area (TPSA) is 56.8 Å². The monoisotopic (exact) mass is 297 g/mol. The van der Waals surface area contributed by atoms with Crippen LogP contribution in [0.1, 0.15) is 0 Å². The molecule has 19 heavy (non-hydrogen) atoms. The molecule has 9 heteroatoms. The quantitative estimate of drug-likeness (QED) is 0.866. The molecule has 0 fully saturated rings. The number of halogens is 4. The summed E-state index contributed by atoms with van der Waals surface area (Å²) in [5, 5.41) is 1.64. The van der Waals surface area contributed by atoms with E-state index < -0.39 is 18.2 Å². The molecule has 0 saturated carbocycles. The largest absolute Gasteiger partial charge is 0.492 e. The maximum atomic E-state index is 13.0. The first-order chi connectivity index (χ1) is 8.77. The van der Waals surface area contributed by atoms with E-state index in [4.69, 9.17) is 11.6 Å². The fourth-order valence-corrected chi connectivity index (χ4v) is 1.56. The fourth-order valence-electron chi connectivity index (χ4n) is 1.40. The van der Waals surface area contributed by atoms with Crippen LogP contribution in [0.5, 0.6) is 11.5 Å². The molecule has 1 aromatic rings. The Hall–Kier alpha value is -1.83. The third kappa shape index (κ3) is 2.35. The van der Waals surface area contributed by atoms with Crippen LogP contribution in [0, 0.1) is 0 Å². The zero-order valence-corrected chi connectivity index (χ0v) is 10.1. The zero-order valence-electron chi connectivity index (χ0n) is 9.38. The van der Waals surface area contributed by atoms with E-state index >= 15 is 0 Å². The Morgan fingerprint density at radius 3 is 2.58 bits per heavy atom. The first-order valence-corrected chi connectivity index (χ1v) is 5.25. The number of fused-ring (bicyclic) bond motifs is 1. The Balaban J connectivity index is 2.37. The molecule has 0 radical (unpaired) electrons. The van der Waals surface area contributed by atoms with Crippen LogP contribution < -0.4 is 14.8 Å². The number of benzene rings is 1. The van der Waals surface area contributed by atoms with E-state index in [0.717, 1.165) is 13.2 Å². The van der Waals surface area contributed by atoms with Crippen LogP contribution in [0.4, 0.5) is 18.0 Å². The van der Waals surface area contributed by atoms with Crippen molar-refractivity contribution in [2.75, 3.05) is 7.11 Å². The van der Waals surface area contributed by atoms with Gasteiger partial charge in [-0.1, -0.05) is 11.6 Å². The standard InChI is InChI=1S/C10H7ClF3NO4/c1-17-8(16)15-10(9(12,13)14)18-6-3-2-5(11)4-7(6)19-10/h2-4H,1H3,(H,15,16)/t10-/m1/s1. The van der Waals surface area contributed by atoms with Gasteiger partial charge in [0.1, 0.15) is 0 Å². The molecule has 0 saturated heterocycles. The summed E-state index contributed by atoms with van der Waals surface area (Å²) in [6.07, 6.45) is -6.37. The van der Waals surface area contributed by atoms with Gasteiger partial charge in [-0.3, -0.25) is 0 Å². The van der Waals surface area contributed by atoms with Crippen LogP contribution in [0.2, 0.25) is 5.02 Å². The molecule has 1 amide bonds. The molecule has 1 aromatic carbocycles.